The molecule has 0 saturated heterocycles. The highest BCUT2D eigenvalue weighted by Gasteiger charge is 2.14. The van der Waals surface area contributed by atoms with E-state index in [2.05, 4.69) is 0 Å². The van der Waals surface area contributed by atoms with Crippen molar-refractivity contribution in [2.45, 2.75) is 0 Å². The monoisotopic (exact) mass is 264 g/mol. The zero-order valence-corrected chi connectivity index (χ0v) is 9.77. The summed E-state index contributed by atoms with van der Waals surface area (Å²) in [6.07, 6.45) is 0. The number of hydrogen-bond donors (Lipinski definition) is 0. The molecular weight excluding hydrogens is 263 g/mol. The molecule has 0 N–H and O–H groups in total. The lowest BCUT2D eigenvalue weighted by Gasteiger charge is -1.90. The molecule has 1 aromatic carbocycles. The van der Waals surface area contributed by atoms with Crippen LogP contribution in [0.3, 0.4) is 0 Å². The molecule has 0 unspecified atom stereocenters. The van der Waals surface area contributed by atoms with E-state index in [4.69, 9.17) is 34.8 Å². The van der Waals surface area contributed by atoms with E-state index in [0.29, 0.717) is 14.9 Å². The van der Waals surface area contributed by atoms with Gasteiger partial charge in [0.1, 0.15) is 4.88 Å². The summed E-state index contributed by atoms with van der Waals surface area (Å²) in [4.78, 5) is 11.3. The topological polar surface area (TPSA) is 17.1 Å². The van der Waals surface area contributed by atoms with E-state index in [0.717, 1.165) is 10.1 Å². The van der Waals surface area contributed by atoms with E-state index >= 15 is 0 Å². The maximum absolute atomic E-state index is 11.0. The summed E-state index contributed by atoms with van der Waals surface area (Å²) < 4.78 is 0.867. The van der Waals surface area contributed by atoms with Gasteiger partial charge in [0, 0.05) is 15.1 Å². The maximum Gasteiger partial charge on any atom is 0.263 e. The Bertz CT molecular complexity index is 518. The molecule has 0 amide bonds. The number of halogens is 3. The van der Waals surface area contributed by atoms with E-state index < -0.39 is 5.24 Å². The Hall–Kier alpha value is -0.280. The summed E-state index contributed by atoms with van der Waals surface area (Å²) >= 11 is 18.4. The fourth-order valence-corrected chi connectivity index (χ4v) is 3.05. The van der Waals surface area contributed by atoms with Gasteiger partial charge in [-0.1, -0.05) is 29.3 Å². The number of carbonyl (C=O) groups excluding carboxylic acids is 1. The highest BCUT2D eigenvalue weighted by atomic mass is 35.5. The van der Waals surface area contributed by atoms with Gasteiger partial charge < -0.3 is 0 Å². The van der Waals surface area contributed by atoms with E-state index in [1.165, 1.54) is 11.3 Å². The Labute approximate surface area is 99.2 Å². The third-order valence-electron chi connectivity index (χ3n) is 1.77. The molecule has 0 bridgehead atoms. The predicted octanol–water partition coefficient (Wildman–Crippen LogP) is 4.59. The van der Waals surface area contributed by atoms with Crippen molar-refractivity contribution < 1.29 is 4.79 Å². The van der Waals surface area contributed by atoms with Gasteiger partial charge in [-0.05, 0) is 23.7 Å². The van der Waals surface area contributed by atoms with Crippen LogP contribution in [0.2, 0.25) is 10.0 Å². The van der Waals surface area contributed by atoms with Crippen LogP contribution >= 0.6 is 46.1 Å². The Morgan fingerprint density at radius 3 is 2.64 bits per heavy atom. The molecule has 1 aromatic heterocycles. The molecule has 0 aliphatic heterocycles. The molecule has 0 aliphatic rings. The zero-order chi connectivity index (χ0) is 10.3. The quantitative estimate of drug-likeness (QED) is 0.689. The fraction of sp³-hybridized carbons (Fsp3) is 0. The average Bonchev–Trinajstić information content (AvgIpc) is 2.43. The molecule has 2 rings (SSSR count). The van der Waals surface area contributed by atoms with Gasteiger partial charge >= 0.3 is 0 Å². The van der Waals surface area contributed by atoms with Crippen LogP contribution in [-0.2, 0) is 0 Å². The lowest BCUT2D eigenvalue weighted by Crippen LogP contribution is -1.81. The van der Waals surface area contributed by atoms with Gasteiger partial charge in [-0.25, -0.2) is 0 Å². The van der Waals surface area contributed by atoms with Crippen LogP contribution in [-0.4, -0.2) is 5.24 Å². The Balaban J connectivity index is 2.79. The lowest BCUT2D eigenvalue weighted by molar-refractivity contribution is 0.108. The number of fused-ring (bicyclic) bond motifs is 1. The van der Waals surface area contributed by atoms with Gasteiger partial charge in [-0.15, -0.1) is 11.3 Å². The van der Waals surface area contributed by atoms with Crippen LogP contribution in [0, 0.1) is 0 Å². The first-order valence-corrected chi connectivity index (χ1v) is 5.62. The van der Waals surface area contributed by atoms with E-state index in [9.17, 15) is 4.79 Å². The minimum atomic E-state index is -0.535. The van der Waals surface area contributed by atoms with Gasteiger partial charge in [0.05, 0.1) is 5.02 Å². The lowest BCUT2D eigenvalue weighted by atomic mass is 10.2. The Morgan fingerprint density at radius 2 is 2.00 bits per heavy atom. The van der Waals surface area contributed by atoms with Gasteiger partial charge in [-0.2, -0.15) is 0 Å². The molecule has 0 aliphatic carbocycles. The standard InChI is InChI=1S/C9H3Cl3OS/c10-4-1-2-5-6(3-4)14-8(7(5)11)9(12)13/h1-3H. The van der Waals surface area contributed by atoms with Crippen molar-refractivity contribution >= 4 is 61.5 Å². The number of carbonyl (C=O) groups is 1. The summed E-state index contributed by atoms with van der Waals surface area (Å²) in [5, 5.41) is 1.29. The molecule has 0 spiro atoms. The van der Waals surface area contributed by atoms with Crippen molar-refractivity contribution in [2.24, 2.45) is 0 Å². The fourth-order valence-electron chi connectivity index (χ4n) is 1.17. The molecule has 14 heavy (non-hydrogen) atoms. The van der Waals surface area contributed by atoms with Crippen LogP contribution in [0.1, 0.15) is 9.67 Å². The van der Waals surface area contributed by atoms with E-state index in [1.807, 2.05) is 0 Å². The first-order valence-electron chi connectivity index (χ1n) is 3.67. The number of rotatable bonds is 1. The minimum Gasteiger partial charge on any atom is -0.275 e. The molecule has 0 radical (unpaired) electrons. The van der Waals surface area contributed by atoms with Crippen molar-refractivity contribution in [2.75, 3.05) is 0 Å². The molecule has 1 heterocycles. The van der Waals surface area contributed by atoms with Crippen molar-refractivity contribution in [1.82, 2.24) is 0 Å². The third-order valence-corrected chi connectivity index (χ3v) is 3.96. The largest absolute Gasteiger partial charge is 0.275 e. The minimum absolute atomic E-state index is 0.366. The van der Waals surface area contributed by atoms with Crippen LogP contribution in [0.25, 0.3) is 10.1 Å². The molecule has 72 valence electrons. The summed E-state index contributed by atoms with van der Waals surface area (Å²) in [5.74, 6) is 0. The van der Waals surface area contributed by atoms with Gasteiger partial charge in [0.25, 0.3) is 5.24 Å². The summed E-state index contributed by atoms with van der Waals surface area (Å²) in [6.45, 7) is 0. The smallest absolute Gasteiger partial charge is 0.263 e. The van der Waals surface area contributed by atoms with Crippen LogP contribution in [0.4, 0.5) is 0 Å². The van der Waals surface area contributed by atoms with E-state index in [-0.39, 0.29) is 0 Å². The van der Waals surface area contributed by atoms with Crippen LogP contribution < -0.4 is 0 Å². The van der Waals surface area contributed by atoms with E-state index in [1.54, 1.807) is 18.2 Å². The van der Waals surface area contributed by atoms with Crippen molar-refractivity contribution in [1.29, 1.82) is 0 Å². The molecule has 0 fully saturated rings. The third kappa shape index (κ3) is 1.63. The second kappa shape index (κ2) is 3.70. The molecule has 2 aromatic rings. The van der Waals surface area contributed by atoms with Gasteiger partial charge in [0.2, 0.25) is 0 Å². The highest BCUT2D eigenvalue weighted by molar-refractivity contribution is 7.23. The molecule has 0 saturated carbocycles. The second-order valence-electron chi connectivity index (χ2n) is 2.66. The number of benzene rings is 1. The first kappa shape index (κ1) is 10.2. The van der Waals surface area contributed by atoms with Gasteiger partial charge in [-0.3, -0.25) is 4.79 Å². The van der Waals surface area contributed by atoms with Crippen molar-refractivity contribution in [3.63, 3.8) is 0 Å². The summed E-state index contributed by atoms with van der Waals surface area (Å²) in [7, 11) is 0. The van der Waals surface area contributed by atoms with Crippen LogP contribution in [0.5, 0.6) is 0 Å². The SMILES string of the molecule is O=C(Cl)c1sc2cc(Cl)ccc2c1Cl. The molecule has 5 heteroatoms. The second-order valence-corrected chi connectivity index (χ2v) is 4.87. The summed E-state index contributed by atoms with van der Waals surface area (Å²) in [6, 6.07) is 5.27. The highest BCUT2D eigenvalue weighted by Crippen LogP contribution is 2.37. The van der Waals surface area contributed by atoms with Crippen molar-refractivity contribution in [3.8, 4) is 0 Å². The molecule has 1 nitrogen and oxygen atoms in total. The zero-order valence-electron chi connectivity index (χ0n) is 6.68. The predicted molar refractivity (Wildman–Crippen MR) is 62.0 cm³/mol. The first-order chi connectivity index (χ1) is 6.59. The van der Waals surface area contributed by atoms with Crippen LogP contribution in [0.15, 0.2) is 18.2 Å². The average molecular weight is 266 g/mol. The Morgan fingerprint density at radius 1 is 1.29 bits per heavy atom. The normalized spacial score (nSPS) is 10.8. The number of hydrogen-bond acceptors (Lipinski definition) is 2. The molecule has 0 atom stereocenters. The number of thiophene rings is 1. The molecular formula is C9H3Cl3OS. The summed E-state index contributed by atoms with van der Waals surface area (Å²) in [5.41, 5.74) is 0. The maximum atomic E-state index is 11.0. The van der Waals surface area contributed by atoms with Crippen molar-refractivity contribution in [3.05, 3.63) is 33.1 Å². The Kier molecular flexibility index (Phi) is 2.71. The van der Waals surface area contributed by atoms with Gasteiger partial charge in [0.15, 0.2) is 0 Å².